The minimum Gasteiger partial charge on any atom is -0.493 e. The molecule has 164 valence electrons. The molecule has 1 amide bonds. The summed E-state index contributed by atoms with van der Waals surface area (Å²) in [6.07, 6.45) is 2.64. The first-order valence-electron chi connectivity index (χ1n) is 9.79. The summed E-state index contributed by atoms with van der Waals surface area (Å²) in [4.78, 5) is 13.6. The number of methoxy groups -OCH3 is 1. The van der Waals surface area contributed by atoms with Crippen LogP contribution >= 0.6 is 35.6 Å². The first kappa shape index (κ1) is 24.6. The van der Waals surface area contributed by atoms with Crippen LogP contribution in [-0.2, 0) is 17.9 Å². The van der Waals surface area contributed by atoms with Crippen molar-refractivity contribution in [1.29, 1.82) is 0 Å². The smallest absolute Gasteiger partial charge is 0.222 e. The number of carbonyl (C=O) groups excluding carboxylic acids is 1. The third kappa shape index (κ3) is 6.95. The minimum atomic E-state index is 0. The third-order valence-electron chi connectivity index (χ3n) is 4.91. The van der Waals surface area contributed by atoms with Gasteiger partial charge in [0.2, 0.25) is 5.91 Å². The second kappa shape index (κ2) is 12.3. The number of carbonyl (C=O) groups is 1. The van der Waals surface area contributed by atoms with Gasteiger partial charge in [0.25, 0.3) is 0 Å². The number of halogens is 3. The number of rotatable bonds is 10. The molecule has 0 atom stereocenters. The van der Waals surface area contributed by atoms with Crippen LogP contribution in [0, 0.1) is 0 Å². The van der Waals surface area contributed by atoms with E-state index in [0.717, 1.165) is 50.1 Å². The van der Waals surface area contributed by atoms with Crippen LogP contribution in [0.4, 0.5) is 0 Å². The molecule has 1 aliphatic heterocycles. The lowest BCUT2D eigenvalue weighted by Crippen LogP contribution is -2.28. The second-order valence-electron chi connectivity index (χ2n) is 7.02. The maximum absolute atomic E-state index is 11.6. The highest BCUT2D eigenvalue weighted by Gasteiger charge is 2.18. The lowest BCUT2D eigenvalue weighted by atomic mass is 10.2. The molecule has 30 heavy (non-hydrogen) atoms. The fourth-order valence-electron chi connectivity index (χ4n) is 3.30. The maximum Gasteiger partial charge on any atom is 0.222 e. The van der Waals surface area contributed by atoms with E-state index in [1.807, 2.05) is 29.2 Å². The van der Waals surface area contributed by atoms with Gasteiger partial charge in [-0.3, -0.25) is 4.79 Å². The van der Waals surface area contributed by atoms with Crippen LogP contribution in [0.15, 0.2) is 36.4 Å². The fraction of sp³-hybridized carbons (Fsp3) is 0.409. The van der Waals surface area contributed by atoms with Crippen molar-refractivity contribution >= 4 is 41.5 Å². The van der Waals surface area contributed by atoms with Crippen LogP contribution in [0.5, 0.6) is 11.5 Å². The molecule has 0 radical (unpaired) electrons. The van der Waals surface area contributed by atoms with Crippen LogP contribution in [-0.4, -0.2) is 37.6 Å². The van der Waals surface area contributed by atoms with Crippen LogP contribution in [0.2, 0.25) is 10.0 Å². The van der Waals surface area contributed by atoms with Crippen molar-refractivity contribution in [2.24, 2.45) is 0 Å². The molecule has 0 saturated carbocycles. The van der Waals surface area contributed by atoms with Crippen LogP contribution in [0.3, 0.4) is 0 Å². The molecule has 0 aliphatic carbocycles. The van der Waals surface area contributed by atoms with E-state index >= 15 is 0 Å². The highest BCUT2D eigenvalue weighted by molar-refractivity contribution is 6.35. The zero-order valence-corrected chi connectivity index (χ0v) is 19.3. The minimum absolute atomic E-state index is 0. The Balaban J connectivity index is 0.00000320. The third-order valence-corrected chi connectivity index (χ3v) is 5.50. The molecular formula is C22H27Cl3N2O3. The summed E-state index contributed by atoms with van der Waals surface area (Å²) >= 11 is 12.1. The average molecular weight is 474 g/mol. The van der Waals surface area contributed by atoms with Crippen molar-refractivity contribution in [3.05, 3.63) is 57.6 Å². The SMILES string of the molecule is COc1cc(CNCCCN2CCCC2=O)ccc1OCc1ccc(Cl)cc1Cl.Cl. The Morgan fingerprint density at radius 1 is 1.13 bits per heavy atom. The van der Waals surface area contributed by atoms with E-state index in [1.54, 1.807) is 19.2 Å². The molecule has 5 nitrogen and oxygen atoms in total. The molecule has 1 heterocycles. The normalized spacial score (nSPS) is 13.3. The Kier molecular flexibility index (Phi) is 10.1. The molecule has 2 aromatic carbocycles. The van der Waals surface area contributed by atoms with Gasteiger partial charge in [0, 0.05) is 41.7 Å². The van der Waals surface area contributed by atoms with E-state index in [4.69, 9.17) is 32.7 Å². The van der Waals surface area contributed by atoms with Gasteiger partial charge in [0.15, 0.2) is 11.5 Å². The van der Waals surface area contributed by atoms with Crippen molar-refractivity contribution in [3.63, 3.8) is 0 Å². The molecule has 3 rings (SSSR count). The largest absolute Gasteiger partial charge is 0.493 e. The Morgan fingerprint density at radius 2 is 1.97 bits per heavy atom. The summed E-state index contributed by atoms with van der Waals surface area (Å²) in [5, 5.41) is 4.59. The lowest BCUT2D eigenvalue weighted by molar-refractivity contribution is -0.127. The highest BCUT2D eigenvalue weighted by atomic mass is 35.5. The lowest BCUT2D eigenvalue weighted by Gasteiger charge is -2.16. The highest BCUT2D eigenvalue weighted by Crippen LogP contribution is 2.30. The van der Waals surface area contributed by atoms with Crippen molar-refractivity contribution in [1.82, 2.24) is 10.2 Å². The van der Waals surface area contributed by atoms with E-state index in [2.05, 4.69) is 5.32 Å². The Hall–Kier alpha value is -1.66. The van der Waals surface area contributed by atoms with Gasteiger partial charge in [-0.15, -0.1) is 12.4 Å². The molecule has 2 aromatic rings. The van der Waals surface area contributed by atoms with Gasteiger partial charge in [-0.05, 0) is 49.2 Å². The van der Waals surface area contributed by atoms with Gasteiger partial charge in [-0.1, -0.05) is 35.3 Å². The maximum atomic E-state index is 11.6. The van der Waals surface area contributed by atoms with Gasteiger partial charge in [0.1, 0.15) is 6.61 Å². The Bertz CT molecular complexity index is 848. The van der Waals surface area contributed by atoms with Crippen molar-refractivity contribution in [2.45, 2.75) is 32.4 Å². The molecule has 0 unspecified atom stereocenters. The number of amides is 1. The Labute approximate surface area is 194 Å². The summed E-state index contributed by atoms with van der Waals surface area (Å²) in [5.41, 5.74) is 1.97. The van der Waals surface area contributed by atoms with Crippen LogP contribution < -0.4 is 14.8 Å². The molecule has 1 fully saturated rings. The van der Waals surface area contributed by atoms with E-state index in [-0.39, 0.29) is 18.3 Å². The first-order chi connectivity index (χ1) is 14.1. The van der Waals surface area contributed by atoms with Crippen LogP contribution in [0.1, 0.15) is 30.4 Å². The Morgan fingerprint density at radius 3 is 2.67 bits per heavy atom. The monoisotopic (exact) mass is 472 g/mol. The van der Waals surface area contributed by atoms with Crippen molar-refractivity contribution in [3.8, 4) is 11.5 Å². The summed E-state index contributed by atoms with van der Waals surface area (Å²) < 4.78 is 11.4. The summed E-state index contributed by atoms with van der Waals surface area (Å²) in [7, 11) is 1.63. The summed E-state index contributed by atoms with van der Waals surface area (Å²) in [6.45, 7) is 3.65. The molecule has 1 aliphatic rings. The summed E-state index contributed by atoms with van der Waals surface area (Å²) in [5.74, 6) is 1.62. The average Bonchev–Trinajstić information content (AvgIpc) is 3.12. The number of likely N-dealkylation sites (tertiary alicyclic amines) is 1. The van der Waals surface area contributed by atoms with Crippen molar-refractivity contribution in [2.75, 3.05) is 26.7 Å². The standard InChI is InChI=1S/C22H26Cl2N2O3.ClH/c1-28-21-12-16(14-25-9-3-11-26-10-2-4-22(26)27)5-8-20(21)29-15-17-6-7-18(23)13-19(17)24;/h5-8,12-13,25H,2-4,9-11,14-15H2,1H3;1H. The molecule has 1 saturated heterocycles. The number of hydrogen-bond donors (Lipinski definition) is 1. The fourth-order valence-corrected chi connectivity index (χ4v) is 3.77. The molecule has 1 N–H and O–H groups in total. The van der Waals surface area contributed by atoms with E-state index in [0.29, 0.717) is 34.6 Å². The summed E-state index contributed by atoms with van der Waals surface area (Å²) in [6, 6.07) is 11.2. The quantitative estimate of drug-likeness (QED) is 0.488. The van der Waals surface area contributed by atoms with Gasteiger partial charge in [-0.25, -0.2) is 0 Å². The predicted molar refractivity (Wildman–Crippen MR) is 123 cm³/mol. The number of nitrogens with one attached hydrogen (secondary N) is 1. The van der Waals surface area contributed by atoms with Gasteiger partial charge >= 0.3 is 0 Å². The van der Waals surface area contributed by atoms with Gasteiger partial charge in [0.05, 0.1) is 7.11 Å². The zero-order chi connectivity index (χ0) is 20.6. The van der Waals surface area contributed by atoms with E-state index < -0.39 is 0 Å². The topological polar surface area (TPSA) is 50.8 Å². The predicted octanol–water partition coefficient (Wildman–Crippen LogP) is 5.10. The molecular weight excluding hydrogens is 447 g/mol. The number of ether oxygens (including phenoxy) is 2. The van der Waals surface area contributed by atoms with Crippen molar-refractivity contribution < 1.29 is 14.3 Å². The molecule has 0 spiro atoms. The molecule has 0 aromatic heterocycles. The van der Waals surface area contributed by atoms with Gasteiger partial charge < -0.3 is 19.7 Å². The number of hydrogen-bond acceptors (Lipinski definition) is 4. The second-order valence-corrected chi connectivity index (χ2v) is 7.87. The number of nitrogens with zero attached hydrogens (tertiary/aromatic N) is 1. The van der Waals surface area contributed by atoms with Gasteiger partial charge in [-0.2, -0.15) is 0 Å². The molecule has 8 heteroatoms. The van der Waals surface area contributed by atoms with E-state index in [9.17, 15) is 4.79 Å². The number of benzene rings is 2. The molecule has 0 bridgehead atoms. The zero-order valence-electron chi connectivity index (χ0n) is 17.0. The van der Waals surface area contributed by atoms with E-state index in [1.165, 1.54) is 0 Å². The first-order valence-corrected chi connectivity index (χ1v) is 10.5. The van der Waals surface area contributed by atoms with Crippen LogP contribution in [0.25, 0.3) is 0 Å².